The van der Waals surface area contributed by atoms with E-state index in [4.69, 9.17) is 10.2 Å². The van der Waals surface area contributed by atoms with E-state index in [0.717, 1.165) is 0 Å². The zero-order chi connectivity index (χ0) is 23.5. The third-order valence-corrected chi connectivity index (χ3v) is 5.61. The molecular formula is C25H22FN5O2. The van der Waals surface area contributed by atoms with Crippen LogP contribution < -0.4 is 10.9 Å². The van der Waals surface area contributed by atoms with Gasteiger partial charge in [0, 0.05) is 24.9 Å². The number of alkyl halides is 1. The Labute approximate surface area is 190 Å². The summed E-state index contributed by atoms with van der Waals surface area (Å²) < 4.78 is 15.1. The van der Waals surface area contributed by atoms with E-state index in [0.29, 0.717) is 33.7 Å². The van der Waals surface area contributed by atoms with Gasteiger partial charge < -0.3 is 10.2 Å². The van der Waals surface area contributed by atoms with Crippen LogP contribution in [0.3, 0.4) is 0 Å². The number of rotatable bonds is 4. The lowest BCUT2D eigenvalue weighted by Gasteiger charge is -2.28. The molecular weight excluding hydrogens is 421 g/mol. The summed E-state index contributed by atoms with van der Waals surface area (Å²) in [6, 6.07) is 14.6. The van der Waals surface area contributed by atoms with Crippen molar-refractivity contribution in [2.75, 3.05) is 12.4 Å². The van der Waals surface area contributed by atoms with E-state index >= 15 is 0 Å². The molecule has 2 aromatic carbocycles. The third kappa shape index (κ3) is 4.39. The number of carbonyl (C=O) groups excluding carboxylic acids is 1. The van der Waals surface area contributed by atoms with Gasteiger partial charge in [-0.1, -0.05) is 24.3 Å². The molecule has 0 spiro atoms. The van der Waals surface area contributed by atoms with Crippen molar-refractivity contribution in [1.29, 1.82) is 5.26 Å². The lowest BCUT2D eigenvalue weighted by atomic mass is 10.1. The van der Waals surface area contributed by atoms with E-state index in [9.17, 15) is 14.0 Å². The molecule has 1 aliphatic rings. The number of aromatic nitrogens is 2. The van der Waals surface area contributed by atoms with Crippen molar-refractivity contribution in [1.82, 2.24) is 14.5 Å². The Balaban J connectivity index is 1.73. The first kappa shape index (κ1) is 22.0. The van der Waals surface area contributed by atoms with Gasteiger partial charge in [-0.05, 0) is 49.4 Å². The van der Waals surface area contributed by atoms with Crippen molar-refractivity contribution in [3.8, 4) is 6.07 Å². The van der Waals surface area contributed by atoms with Crippen LogP contribution in [0.25, 0.3) is 16.6 Å². The minimum atomic E-state index is -1.10. The molecule has 2 atom stereocenters. The van der Waals surface area contributed by atoms with Crippen LogP contribution >= 0.6 is 0 Å². The van der Waals surface area contributed by atoms with E-state index in [1.54, 1.807) is 74.7 Å². The maximum absolute atomic E-state index is 13.7. The minimum Gasteiger partial charge on any atom is -0.318 e. The Hall–Kier alpha value is -4.25. The van der Waals surface area contributed by atoms with E-state index < -0.39 is 18.2 Å². The smallest absolute Gasteiger partial charge is 0.318 e. The van der Waals surface area contributed by atoms with Crippen molar-refractivity contribution in [2.24, 2.45) is 0 Å². The van der Waals surface area contributed by atoms with Gasteiger partial charge >= 0.3 is 6.03 Å². The number of carbonyl (C=O) groups is 1. The Morgan fingerprint density at radius 3 is 2.82 bits per heavy atom. The highest BCUT2D eigenvalue weighted by Crippen LogP contribution is 2.25. The predicted octanol–water partition coefficient (Wildman–Crippen LogP) is 4.63. The number of allylic oxidation sites excluding steroid dienone is 4. The Bertz CT molecular complexity index is 1390. The van der Waals surface area contributed by atoms with Gasteiger partial charge in [0.2, 0.25) is 0 Å². The number of benzene rings is 2. The van der Waals surface area contributed by atoms with E-state index in [1.807, 2.05) is 6.07 Å². The highest BCUT2D eigenvalue weighted by atomic mass is 19.1. The molecule has 0 aliphatic heterocycles. The fourth-order valence-corrected chi connectivity index (χ4v) is 3.66. The molecule has 0 bridgehead atoms. The number of anilines is 1. The molecule has 0 saturated heterocycles. The second-order valence-corrected chi connectivity index (χ2v) is 7.78. The summed E-state index contributed by atoms with van der Waals surface area (Å²) in [7, 11) is 1.60. The number of nitriles is 1. The Morgan fingerprint density at radius 1 is 1.30 bits per heavy atom. The highest BCUT2D eigenvalue weighted by Gasteiger charge is 2.25. The summed E-state index contributed by atoms with van der Waals surface area (Å²) in [6.45, 7) is 1.77. The van der Waals surface area contributed by atoms with Gasteiger partial charge in [0.25, 0.3) is 5.56 Å². The highest BCUT2D eigenvalue weighted by molar-refractivity contribution is 5.89. The molecule has 0 saturated carbocycles. The van der Waals surface area contributed by atoms with Crippen LogP contribution in [0.15, 0.2) is 71.6 Å². The zero-order valence-corrected chi connectivity index (χ0v) is 18.2. The monoisotopic (exact) mass is 443 g/mol. The summed E-state index contributed by atoms with van der Waals surface area (Å²) in [6.07, 6.45) is 3.69. The van der Waals surface area contributed by atoms with Crippen molar-refractivity contribution in [3.63, 3.8) is 0 Å². The number of hydrogen-bond donors (Lipinski definition) is 1. The van der Waals surface area contributed by atoms with Crippen molar-refractivity contribution < 1.29 is 9.18 Å². The summed E-state index contributed by atoms with van der Waals surface area (Å²) in [5.74, 6) is 0.357. The van der Waals surface area contributed by atoms with Crippen molar-refractivity contribution in [2.45, 2.75) is 25.6 Å². The van der Waals surface area contributed by atoms with E-state index in [-0.39, 0.29) is 12.0 Å². The predicted molar refractivity (Wildman–Crippen MR) is 125 cm³/mol. The molecule has 166 valence electrons. The average Bonchev–Trinajstić information content (AvgIpc) is 2.84. The van der Waals surface area contributed by atoms with Gasteiger partial charge in [-0.25, -0.2) is 14.2 Å². The second kappa shape index (κ2) is 9.09. The van der Waals surface area contributed by atoms with Crippen molar-refractivity contribution in [3.05, 3.63) is 88.5 Å². The van der Waals surface area contributed by atoms with Gasteiger partial charge in [0.1, 0.15) is 12.0 Å². The first-order valence-corrected chi connectivity index (χ1v) is 10.5. The first-order valence-electron chi connectivity index (χ1n) is 10.5. The fourth-order valence-electron chi connectivity index (χ4n) is 3.66. The molecule has 1 aromatic heterocycles. The van der Waals surface area contributed by atoms with E-state index in [1.165, 1.54) is 15.5 Å². The number of hydrogen-bond acceptors (Lipinski definition) is 4. The first-order chi connectivity index (χ1) is 15.9. The zero-order valence-electron chi connectivity index (χ0n) is 18.2. The van der Waals surface area contributed by atoms with Crippen molar-refractivity contribution >= 4 is 28.3 Å². The normalized spacial score (nSPS) is 16.1. The fraction of sp³-hybridized carbons (Fsp3) is 0.200. The lowest BCUT2D eigenvalue weighted by molar-refractivity contribution is 0.205. The van der Waals surface area contributed by atoms with E-state index in [2.05, 4.69) is 5.32 Å². The number of para-hydroxylation sites is 1. The summed E-state index contributed by atoms with van der Waals surface area (Å²) in [5.41, 5.74) is 1.65. The van der Waals surface area contributed by atoms with Gasteiger partial charge in [0.15, 0.2) is 0 Å². The minimum absolute atomic E-state index is 0.157. The topological polar surface area (TPSA) is 91.0 Å². The van der Waals surface area contributed by atoms with Gasteiger partial charge in [-0.2, -0.15) is 5.26 Å². The number of nitrogens with one attached hydrogen (secondary N) is 1. The molecule has 1 aliphatic carbocycles. The number of halogens is 1. The van der Waals surface area contributed by atoms with Gasteiger partial charge in [0.05, 0.1) is 28.6 Å². The van der Waals surface area contributed by atoms with Crippen LogP contribution in [0.2, 0.25) is 0 Å². The largest absolute Gasteiger partial charge is 0.322 e. The van der Waals surface area contributed by atoms with Crippen LogP contribution in [0.1, 0.15) is 30.8 Å². The number of amides is 2. The molecule has 0 radical (unpaired) electrons. The molecule has 4 rings (SSSR count). The Kier molecular flexibility index (Phi) is 6.05. The van der Waals surface area contributed by atoms with Crippen LogP contribution in [0.5, 0.6) is 0 Å². The number of fused-ring (bicyclic) bond motifs is 1. The van der Waals surface area contributed by atoms with Gasteiger partial charge in [-0.3, -0.25) is 9.36 Å². The lowest BCUT2D eigenvalue weighted by Crippen LogP contribution is -2.37. The molecule has 33 heavy (non-hydrogen) atoms. The maximum Gasteiger partial charge on any atom is 0.322 e. The summed E-state index contributed by atoms with van der Waals surface area (Å²) in [5, 5.41) is 12.3. The number of nitrogens with zero attached hydrogens (tertiary/aromatic N) is 4. The van der Waals surface area contributed by atoms with Gasteiger partial charge in [-0.15, -0.1) is 0 Å². The molecule has 1 N–H and O–H groups in total. The van der Waals surface area contributed by atoms with Crippen LogP contribution in [0, 0.1) is 11.3 Å². The second-order valence-electron chi connectivity index (χ2n) is 7.78. The van der Waals surface area contributed by atoms with Crippen LogP contribution in [-0.4, -0.2) is 33.7 Å². The summed E-state index contributed by atoms with van der Waals surface area (Å²) >= 11 is 0. The summed E-state index contributed by atoms with van der Waals surface area (Å²) in [4.78, 5) is 32.5. The molecule has 2 unspecified atom stereocenters. The maximum atomic E-state index is 13.7. The molecule has 7 nitrogen and oxygen atoms in total. The molecule has 0 fully saturated rings. The molecule has 1 heterocycles. The van der Waals surface area contributed by atoms with Crippen LogP contribution in [0.4, 0.5) is 14.9 Å². The third-order valence-electron chi connectivity index (χ3n) is 5.61. The SMILES string of the molecule is CC(c1nc2ccccc2c(=O)n1C1=CCC(F)C=C1)N(C)C(=O)Nc1cccc(C#N)c1. The number of urea groups is 1. The Morgan fingerprint density at radius 2 is 2.09 bits per heavy atom. The molecule has 2 amide bonds. The average molecular weight is 443 g/mol. The molecule has 3 aromatic rings. The quantitative estimate of drug-likeness (QED) is 0.636. The van der Waals surface area contributed by atoms with Crippen LogP contribution in [-0.2, 0) is 0 Å². The molecule has 8 heteroatoms. The standard InChI is InChI=1S/C25H22FN5O2/c1-16(30(2)25(33)28-19-7-5-6-17(14-19)15-27)23-29-22-9-4-3-8-21(22)24(32)31(23)20-12-10-18(26)11-13-20/h3-10,12-14,16,18H,11H2,1-2H3,(H,28,33).